The summed E-state index contributed by atoms with van der Waals surface area (Å²) >= 11 is 0. The number of esters is 1. The Bertz CT molecular complexity index is 742. The maximum atomic E-state index is 14.3. The number of hydrogen-bond acceptors (Lipinski definition) is 4. The van der Waals surface area contributed by atoms with E-state index in [0.29, 0.717) is 25.7 Å². The molecular weight excluding hydrogens is 376 g/mol. The molecule has 0 heterocycles. The standard InChI is InChI=1S/C26H38O4/c1-9-12-16-24(7)21(13-10-2)18-25(23(29)30-8,17-14-19(4)5)22(28)26(24,15-11-3)20(6)27/h9-11,14,21H,1-3,12-13,15-18H2,4-8H3/t21-,24-,25+,26+/m1/s1. The highest BCUT2D eigenvalue weighted by Crippen LogP contribution is 2.63. The van der Waals surface area contributed by atoms with Crippen LogP contribution in [0.15, 0.2) is 49.6 Å². The molecule has 4 atom stereocenters. The van der Waals surface area contributed by atoms with Crippen molar-refractivity contribution >= 4 is 17.5 Å². The van der Waals surface area contributed by atoms with E-state index in [-0.39, 0.29) is 30.3 Å². The van der Waals surface area contributed by atoms with Gasteiger partial charge in [0.1, 0.15) is 11.2 Å². The van der Waals surface area contributed by atoms with E-state index in [0.717, 1.165) is 5.57 Å². The van der Waals surface area contributed by atoms with Crippen LogP contribution < -0.4 is 0 Å². The molecule has 0 N–H and O–H groups in total. The smallest absolute Gasteiger partial charge is 0.319 e. The van der Waals surface area contributed by atoms with Crippen molar-refractivity contribution in [2.75, 3.05) is 7.11 Å². The second kappa shape index (κ2) is 10.2. The second-order valence-corrected chi connectivity index (χ2v) is 9.01. The number of ether oxygens (including phenoxy) is 1. The fourth-order valence-electron chi connectivity index (χ4n) is 5.38. The third kappa shape index (κ3) is 4.14. The Morgan fingerprint density at radius 3 is 2.17 bits per heavy atom. The van der Waals surface area contributed by atoms with Crippen LogP contribution in [0.1, 0.15) is 66.2 Å². The van der Waals surface area contributed by atoms with Gasteiger partial charge in [0.2, 0.25) is 0 Å². The molecule has 0 saturated heterocycles. The summed E-state index contributed by atoms with van der Waals surface area (Å²) in [6.45, 7) is 18.9. The molecule has 166 valence electrons. The van der Waals surface area contributed by atoms with Crippen molar-refractivity contribution < 1.29 is 19.1 Å². The third-order valence-corrected chi connectivity index (χ3v) is 7.10. The van der Waals surface area contributed by atoms with E-state index in [1.54, 1.807) is 6.08 Å². The lowest BCUT2D eigenvalue weighted by molar-refractivity contribution is -0.182. The van der Waals surface area contributed by atoms with E-state index in [1.165, 1.54) is 14.0 Å². The molecule has 4 heteroatoms. The molecule has 1 aliphatic carbocycles. The van der Waals surface area contributed by atoms with E-state index in [4.69, 9.17) is 4.74 Å². The molecule has 1 saturated carbocycles. The highest BCUT2D eigenvalue weighted by Gasteiger charge is 2.69. The molecule has 0 amide bonds. The van der Waals surface area contributed by atoms with Crippen LogP contribution in [0.3, 0.4) is 0 Å². The first kappa shape index (κ1) is 25.8. The largest absolute Gasteiger partial charge is 0.468 e. The Hall–Kier alpha value is -2.23. The Morgan fingerprint density at radius 1 is 1.10 bits per heavy atom. The first-order valence-electron chi connectivity index (χ1n) is 10.6. The lowest BCUT2D eigenvalue weighted by Gasteiger charge is -2.58. The number of ketones is 2. The van der Waals surface area contributed by atoms with Gasteiger partial charge in [0.25, 0.3) is 0 Å². The number of allylic oxidation sites excluding steroid dienone is 5. The first-order chi connectivity index (χ1) is 14.0. The normalized spacial score (nSPS) is 30.8. The van der Waals surface area contributed by atoms with Crippen LogP contribution in [-0.4, -0.2) is 24.6 Å². The zero-order chi connectivity index (χ0) is 23.2. The van der Waals surface area contributed by atoms with E-state index < -0.39 is 22.2 Å². The van der Waals surface area contributed by atoms with Crippen molar-refractivity contribution in [2.45, 2.75) is 66.2 Å². The fraction of sp³-hybridized carbons (Fsp3) is 0.577. The molecule has 0 aromatic heterocycles. The lowest BCUT2D eigenvalue weighted by Crippen LogP contribution is -2.65. The average Bonchev–Trinajstić information content (AvgIpc) is 2.70. The monoisotopic (exact) mass is 414 g/mol. The Morgan fingerprint density at radius 2 is 1.73 bits per heavy atom. The van der Waals surface area contributed by atoms with Crippen LogP contribution in [0.2, 0.25) is 0 Å². The van der Waals surface area contributed by atoms with E-state index in [9.17, 15) is 14.4 Å². The lowest BCUT2D eigenvalue weighted by atomic mass is 9.42. The minimum atomic E-state index is -1.40. The molecule has 0 aromatic carbocycles. The molecule has 1 fully saturated rings. The number of methoxy groups -OCH3 is 1. The third-order valence-electron chi connectivity index (χ3n) is 7.10. The molecule has 0 aromatic rings. The zero-order valence-electron chi connectivity index (χ0n) is 19.4. The van der Waals surface area contributed by atoms with Crippen molar-refractivity contribution in [3.8, 4) is 0 Å². The van der Waals surface area contributed by atoms with E-state index in [1.807, 2.05) is 39.0 Å². The maximum Gasteiger partial charge on any atom is 0.319 e. The second-order valence-electron chi connectivity index (χ2n) is 9.01. The Balaban J connectivity index is 3.95. The summed E-state index contributed by atoms with van der Waals surface area (Å²) in [7, 11) is 1.30. The molecule has 4 nitrogen and oxygen atoms in total. The predicted molar refractivity (Wildman–Crippen MR) is 122 cm³/mol. The van der Waals surface area contributed by atoms with Gasteiger partial charge < -0.3 is 4.74 Å². The van der Waals surface area contributed by atoms with Crippen LogP contribution in [0.25, 0.3) is 0 Å². The van der Waals surface area contributed by atoms with Gasteiger partial charge in [-0.25, -0.2) is 0 Å². The quantitative estimate of drug-likeness (QED) is 0.244. The Labute approximate surface area is 182 Å². The zero-order valence-corrected chi connectivity index (χ0v) is 19.4. The van der Waals surface area contributed by atoms with Gasteiger partial charge in [0.15, 0.2) is 5.78 Å². The van der Waals surface area contributed by atoms with E-state index in [2.05, 4.69) is 19.7 Å². The van der Waals surface area contributed by atoms with Gasteiger partial charge in [0.05, 0.1) is 12.5 Å². The van der Waals surface area contributed by atoms with Gasteiger partial charge >= 0.3 is 5.97 Å². The summed E-state index contributed by atoms with van der Waals surface area (Å²) in [5.74, 6) is -1.22. The first-order valence-corrected chi connectivity index (χ1v) is 10.6. The Kier molecular flexibility index (Phi) is 8.76. The van der Waals surface area contributed by atoms with Gasteiger partial charge in [-0.3, -0.25) is 14.4 Å². The molecule has 0 spiro atoms. The van der Waals surface area contributed by atoms with E-state index >= 15 is 0 Å². The molecule has 30 heavy (non-hydrogen) atoms. The molecule has 0 unspecified atom stereocenters. The average molecular weight is 415 g/mol. The number of carbonyl (C=O) groups is 3. The maximum absolute atomic E-state index is 14.3. The van der Waals surface area contributed by atoms with Gasteiger partial charge in [-0.05, 0) is 70.6 Å². The SMILES string of the molecule is C=CCC[C@]1(C)[C@H](CC=C)C[C@](CC=C(C)C)(C(=O)OC)C(=O)[C@]1(CC=C)C(C)=O. The molecule has 1 aliphatic rings. The number of rotatable bonds is 11. The highest BCUT2D eigenvalue weighted by atomic mass is 16.5. The van der Waals surface area contributed by atoms with Gasteiger partial charge in [-0.1, -0.05) is 36.8 Å². The molecule has 0 aliphatic heterocycles. The molecular formula is C26H38O4. The van der Waals surface area contributed by atoms with Crippen molar-refractivity contribution in [3.63, 3.8) is 0 Å². The summed E-state index contributed by atoms with van der Waals surface area (Å²) < 4.78 is 5.15. The molecule has 0 bridgehead atoms. The minimum absolute atomic E-state index is 0.0961. The molecule has 0 radical (unpaired) electrons. The van der Waals surface area contributed by atoms with Crippen LogP contribution >= 0.6 is 0 Å². The number of hydrogen-bond donors (Lipinski definition) is 0. The van der Waals surface area contributed by atoms with Crippen molar-refractivity contribution in [3.05, 3.63) is 49.6 Å². The summed E-state index contributed by atoms with van der Waals surface area (Å²) in [5, 5.41) is 0. The summed E-state index contributed by atoms with van der Waals surface area (Å²) in [6.07, 6.45) is 9.77. The summed E-state index contributed by atoms with van der Waals surface area (Å²) in [5.41, 5.74) is -2.41. The topological polar surface area (TPSA) is 60.4 Å². The summed E-state index contributed by atoms with van der Waals surface area (Å²) in [4.78, 5) is 40.7. The van der Waals surface area contributed by atoms with Crippen molar-refractivity contribution in [1.82, 2.24) is 0 Å². The van der Waals surface area contributed by atoms with Crippen LogP contribution in [0.5, 0.6) is 0 Å². The van der Waals surface area contributed by atoms with Crippen molar-refractivity contribution in [1.29, 1.82) is 0 Å². The van der Waals surface area contributed by atoms with Crippen LogP contribution in [0, 0.1) is 22.2 Å². The van der Waals surface area contributed by atoms with Crippen LogP contribution in [-0.2, 0) is 19.1 Å². The number of Topliss-reactive ketones (excluding diaryl/α,β-unsaturated/α-hetero) is 2. The van der Waals surface area contributed by atoms with Gasteiger partial charge in [0, 0.05) is 0 Å². The number of carbonyl (C=O) groups excluding carboxylic acids is 3. The van der Waals surface area contributed by atoms with Crippen molar-refractivity contribution in [2.24, 2.45) is 22.2 Å². The highest BCUT2D eigenvalue weighted by molar-refractivity contribution is 6.17. The summed E-state index contributed by atoms with van der Waals surface area (Å²) in [6, 6.07) is 0. The predicted octanol–water partition coefficient (Wildman–Crippen LogP) is 5.79. The van der Waals surface area contributed by atoms with Gasteiger partial charge in [-0.15, -0.1) is 19.7 Å². The van der Waals surface area contributed by atoms with Crippen LogP contribution in [0.4, 0.5) is 0 Å². The minimum Gasteiger partial charge on any atom is -0.468 e. The fourth-order valence-corrected chi connectivity index (χ4v) is 5.38. The van der Waals surface area contributed by atoms with Gasteiger partial charge in [-0.2, -0.15) is 0 Å². The molecule has 1 rings (SSSR count).